The van der Waals surface area contributed by atoms with Crippen LogP contribution in [0.25, 0.3) is 0 Å². The van der Waals surface area contributed by atoms with Gasteiger partial charge in [0.05, 0.1) is 19.2 Å². The van der Waals surface area contributed by atoms with Crippen LogP contribution in [0, 0.1) is 0 Å². The minimum atomic E-state index is -0.323. The Bertz CT molecular complexity index is 646. The van der Waals surface area contributed by atoms with Crippen LogP contribution in [0.15, 0.2) is 24.3 Å². The van der Waals surface area contributed by atoms with E-state index in [2.05, 4.69) is 22.3 Å². The Morgan fingerprint density at radius 3 is 2.78 bits per heavy atom. The molecule has 0 aliphatic carbocycles. The first-order valence-electron chi connectivity index (χ1n) is 9.38. The lowest BCUT2D eigenvalue weighted by Crippen LogP contribution is -2.35. The molecule has 3 rings (SSSR count). The van der Waals surface area contributed by atoms with Crippen LogP contribution in [0.4, 0.5) is 16.2 Å². The summed E-state index contributed by atoms with van der Waals surface area (Å²) in [5, 5.41) is 3.34. The zero-order valence-corrected chi connectivity index (χ0v) is 17.5. The number of cyclic esters (lactones) is 1. The molecule has 6 nitrogen and oxygen atoms in total. The summed E-state index contributed by atoms with van der Waals surface area (Å²) in [7, 11) is 0. The molecular formula is C19H27N3O3S2. The molecule has 27 heavy (non-hydrogen) atoms. The van der Waals surface area contributed by atoms with Gasteiger partial charge < -0.3 is 19.7 Å². The average molecular weight is 410 g/mol. The van der Waals surface area contributed by atoms with Crippen molar-refractivity contribution >= 4 is 46.6 Å². The second-order valence-electron chi connectivity index (χ2n) is 6.92. The summed E-state index contributed by atoms with van der Waals surface area (Å²) >= 11 is 7.12. The summed E-state index contributed by atoms with van der Waals surface area (Å²) in [6.07, 6.45) is 0.654. The third-order valence-electron chi connectivity index (χ3n) is 4.44. The van der Waals surface area contributed by atoms with Crippen molar-refractivity contribution in [3.63, 3.8) is 0 Å². The molecule has 0 bridgehead atoms. The molecule has 2 saturated heterocycles. The van der Waals surface area contributed by atoms with Gasteiger partial charge in [-0.15, -0.1) is 0 Å². The molecule has 0 radical (unpaired) electrons. The van der Waals surface area contributed by atoms with Gasteiger partial charge in [0, 0.05) is 30.2 Å². The first-order chi connectivity index (χ1) is 13.0. The number of thiocarbonyl (C=S) groups is 1. The fourth-order valence-corrected chi connectivity index (χ4v) is 4.30. The molecule has 0 unspecified atom stereocenters. The molecule has 1 N–H and O–H groups in total. The van der Waals surface area contributed by atoms with Crippen molar-refractivity contribution in [3.05, 3.63) is 24.3 Å². The summed E-state index contributed by atoms with van der Waals surface area (Å²) in [5.41, 5.74) is 2.07. The molecule has 1 aromatic carbocycles. The van der Waals surface area contributed by atoms with Crippen molar-refractivity contribution in [3.8, 4) is 0 Å². The van der Waals surface area contributed by atoms with E-state index in [1.165, 1.54) is 17.9 Å². The highest BCUT2D eigenvalue weighted by molar-refractivity contribution is 7.99. The van der Waals surface area contributed by atoms with E-state index in [1.807, 2.05) is 37.7 Å². The van der Waals surface area contributed by atoms with Crippen LogP contribution >= 0.6 is 24.0 Å². The second kappa shape index (κ2) is 9.50. The highest BCUT2D eigenvalue weighted by Crippen LogP contribution is 2.26. The van der Waals surface area contributed by atoms with E-state index in [9.17, 15) is 4.79 Å². The zero-order valence-electron chi connectivity index (χ0n) is 15.8. The molecule has 2 heterocycles. The topological polar surface area (TPSA) is 54.0 Å². The Morgan fingerprint density at radius 1 is 1.30 bits per heavy atom. The Hall–Kier alpha value is -1.67. The quantitative estimate of drug-likeness (QED) is 0.749. The summed E-state index contributed by atoms with van der Waals surface area (Å²) < 4.78 is 10.8. The number of hydrogen-bond acceptors (Lipinski definition) is 6. The van der Waals surface area contributed by atoms with Crippen molar-refractivity contribution < 1.29 is 14.3 Å². The predicted octanol–water partition coefficient (Wildman–Crippen LogP) is 3.25. The molecule has 2 aliphatic heterocycles. The van der Waals surface area contributed by atoms with Gasteiger partial charge >= 0.3 is 6.09 Å². The number of carbonyl (C=O) groups is 1. The third-order valence-corrected chi connectivity index (χ3v) is 5.73. The molecule has 1 aromatic rings. The molecule has 2 aliphatic rings. The maximum Gasteiger partial charge on any atom is 0.414 e. The van der Waals surface area contributed by atoms with E-state index >= 15 is 0 Å². The second-order valence-corrected chi connectivity index (χ2v) is 8.52. The van der Waals surface area contributed by atoms with Crippen LogP contribution in [-0.4, -0.2) is 61.2 Å². The van der Waals surface area contributed by atoms with Gasteiger partial charge in [-0.05, 0) is 62.5 Å². The lowest BCUT2D eigenvalue weighted by atomic mass is 10.2. The summed E-state index contributed by atoms with van der Waals surface area (Å²) in [4.78, 5) is 16.3. The Balaban J connectivity index is 1.55. The molecular weight excluding hydrogens is 382 g/mol. The number of thioether (sulfide) groups is 1. The highest BCUT2D eigenvalue weighted by Gasteiger charge is 2.32. The van der Waals surface area contributed by atoms with Crippen molar-refractivity contribution in [1.29, 1.82) is 0 Å². The minimum Gasteiger partial charge on any atom is -0.468 e. The molecule has 0 saturated carbocycles. The van der Waals surface area contributed by atoms with Gasteiger partial charge in [-0.25, -0.2) is 4.79 Å². The van der Waals surface area contributed by atoms with Gasteiger partial charge in [-0.1, -0.05) is 0 Å². The Morgan fingerprint density at radius 2 is 2.04 bits per heavy atom. The Kier molecular flexibility index (Phi) is 7.07. The van der Waals surface area contributed by atoms with Gasteiger partial charge in [-0.2, -0.15) is 11.8 Å². The summed E-state index contributed by atoms with van der Waals surface area (Å²) in [5.74, 6) is 2.40. The van der Waals surface area contributed by atoms with Crippen LogP contribution < -0.4 is 15.1 Å². The SMILES string of the molecule is CC(C)OC(=S)NC[C@H]1CN(c2ccc(N3CCCSCC3)cc2)C(=O)O1. The number of hydrogen-bond donors (Lipinski definition) is 1. The van der Waals surface area contributed by atoms with Crippen molar-refractivity contribution in [2.75, 3.05) is 47.5 Å². The average Bonchev–Trinajstić information content (AvgIpc) is 2.84. The molecule has 8 heteroatoms. The van der Waals surface area contributed by atoms with Crippen molar-refractivity contribution in [1.82, 2.24) is 5.32 Å². The summed E-state index contributed by atoms with van der Waals surface area (Å²) in [6, 6.07) is 8.18. The standard InChI is InChI=1S/C19H27N3O3S2/c1-14(2)24-18(26)20-12-17-13-22(19(23)25-17)16-6-4-15(5-7-16)21-8-3-10-27-11-9-21/h4-7,14,17H,3,8-13H2,1-2H3,(H,20,26)/t17-/m0/s1. The van der Waals surface area contributed by atoms with Gasteiger partial charge in [0.1, 0.15) is 6.10 Å². The van der Waals surface area contributed by atoms with E-state index in [1.54, 1.807) is 4.90 Å². The van der Waals surface area contributed by atoms with Gasteiger partial charge in [0.25, 0.3) is 5.17 Å². The first-order valence-corrected chi connectivity index (χ1v) is 10.9. The zero-order chi connectivity index (χ0) is 19.2. The van der Waals surface area contributed by atoms with E-state index in [-0.39, 0.29) is 18.3 Å². The monoisotopic (exact) mass is 409 g/mol. The normalized spacial score (nSPS) is 20.4. The van der Waals surface area contributed by atoms with E-state index in [0.717, 1.165) is 24.5 Å². The van der Waals surface area contributed by atoms with Crippen LogP contribution in [0.2, 0.25) is 0 Å². The van der Waals surface area contributed by atoms with E-state index in [0.29, 0.717) is 18.3 Å². The number of anilines is 2. The molecule has 1 atom stereocenters. The maximum atomic E-state index is 12.2. The van der Waals surface area contributed by atoms with Gasteiger partial charge in [0.15, 0.2) is 0 Å². The number of nitrogens with one attached hydrogen (secondary N) is 1. The fourth-order valence-electron chi connectivity index (χ4n) is 3.14. The molecule has 0 aromatic heterocycles. The van der Waals surface area contributed by atoms with Crippen LogP contribution in [0.1, 0.15) is 20.3 Å². The van der Waals surface area contributed by atoms with Crippen LogP contribution in [0.3, 0.4) is 0 Å². The lowest BCUT2D eigenvalue weighted by molar-refractivity contribution is 0.140. The predicted molar refractivity (Wildman–Crippen MR) is 115 cm³/mol. The number of nitrogens with zero attached hydrogens (tertiary/aromatic N) is 2. The van der Waals surface area contributed by atoms with Crippen molar-refractivity contribution in [2.45, 2.75) is 32.5 Å². The minimum absolute atomic E-state index is 0.0222. The smallest absolute Gasteiger partial charge is 0.414 e. The largest absolute Gasteiger partial charge is 0.468 e. The van der Waals surface area contributed by atoms with Gasteiger partial charge in [0.2, 0.25) is 0 Å². The number of amides is 1. The highest BCUT2D eigenvalue weighted by atomic mass is 32.2. The fraction of sp³-hybridized carbons (Fsp3) is 0.579. The number of rotatable bonds is 5. The third kappa shape index (κ3) is 5.65. The van der Waals surface area contributed by atoms with Crippen LogP contribution in [-0.2, 0) is 9.47 Å². The molecule has 148 valence electrons. The molecule has 1 amide bonds. The number of benzene rings is 1. The van der Waals surface area contributed by atoms with Crippen molar-refractivity contribution in [2.24, 2.45) is 0 Å². The van der Waals surface area contributed by atoms with Gasteiger partial charge in [-0.3, -0.25) is 4.90 Å². The summed E-state index contributed by atoms with van der Waals surface area (Å²) in [6.45, 7) is 6.93. The number of ether oxygens (including phenoxy) is 2. The Labute approximate surface area is 170 Å². The molecule has 0 spiro atoms. The van der Waals surface area contributed by atoms with E-state index in [4.69, 9.17) is 21.7 Å². The molecule has 2 fully saturated rings. The van der Waals surface area contributed by atoms with E-state index < -0.39 is 0 Å². The lowest BCUT2D eigenvalue weighted by Gasteiger charge is -2.23. The van der Waals surface area contributed by atoms with Crippen LogP contribution in [0.5, 0.6) is 0 Å². The first kappa shape index (κ1) is 20.1. The maximum absolute atomic E-state index is 12.2. The number of carbonyl (C=O) groups excluding carboxylic acids is 1.